The zero-order valence-electron chi connectivity index (χ0n) is 10.6. The number of rotatable bonds is 1. The lowest BCUT2D eigenvalue weighted by Crippen LogP contribution is -2.27. The predicted molar refractivity (Wildman–Crippen MR) is 69.5 cm³/mol. The molecule has 3 rings (SSSR count). The number of fused-ring (bicyclic) bond motifs is 3. The van der Waals surface area contributed by atoms with Crippen LogP contribution in [0.4, 0.5) is 0 Å². The van der Waals surface area contributed by atoms with Gasteiger partial charge in [0.1, 0.15) is 11.9 Å². The summed E-state index contributed by atoms with van der Waals surface area (Å²) in [6, 6.07) is 4.56. The van der Waals surface area contributed by atoms with Crippen LogP contribution in [0.25, 0.3) is 0 Å². The van der Waals surface area contributed by atoms with E-state index in [-0.39, 0.29) is 0 Å². The molecule has 0 bridgehead atoms. The molecule has 17 heavy (non-hydrogen) atoms. The first-order valence-electron chi connectivity index (χ1n) is 6.89. The topological polar surface area (TPSA) is 21.3 Å². The molecule has 0 saturated heterocycles. The fourth-order valence-corrected chi connectivity index (χ4v) is 2.93. The van der Waals surface area contributed by atoms with Crippen LogP contribution in [0.3, 0.4) is 0 Å². The molecule has 1 aliphatic heterocycles. The summed E-state index contributed by atoms with van der Waals surface area (Å²) in [5, 5.41) is 3.49. The third-order valence-corrected chi connectivity index (χ3v) is 3.99. The van der Waals surface area contributed by atoms with Crippen molar-refractivity contribution < 1.29 is 4.74 Å². The number of benzene rings is 1. The molecule has 2 aliphatic rings. The molecular weight excluding hydrogens is 210 g/mol. The highest BCUT2D eigenvalue weighted by Crippen LogP contribution is 2.34. The monoisotopic (exact) mass is 231 g/mol. The van der Waals surface area contributed by atoms with E-state index < -0.39 is 0 Å². The lowest BCUT2D eigenvalue weighted by atomic mass is 9.89. The van der Waals surface area contributed by atoms with E-state index in [4.69, 9.17) is 4.74 Å². The zero-order valence-corrected chi connectivity index (χ0v) is 10.6. The Morgan fingerprint density at radius 3 is 2.94 bits per heavy atom. The van der Waals surface area contributed by atoms with Gasteiger partial charge in [-0.25, -0.2) is 0 Å². The Morgan fingerprint density at radius 2 is 2.06 bits per heavy atom. The van der Waals surface area contributed by atoms with Gasteiger partial charge in [0.25, 0.3) is 0 Å². The smallest absolute Gasteiger partial charge is 0.127 e. The first-order chi connectivity index (χ1) is 8.38. The van der Waals surface area contributed by atoms with Gasteiger partial charge in [-0.15, -0.1) is 0 Å². The van der Waals surface area contributed by atoms with Crippen LogP contribution in [-0.2, 0) is 19.4 Å². The van der Waals surface area contributed by atoms with Crippen LogP contribution in [0.15, 0.2) is 12.1 Å². The largest absolute Gasteiger partial charge is 0.488 e. The highest BCUT2D eigenvalue weighted by molar-refractivity contribution is 5.48. The van der Waals surface area contributed by atoms with Gasteiger partial charge < -0.3 is 10.1 Å². The van der Waals surface area contributed by atoms with E-state index in [9.17, 15) is 0 Å². The number of hydrogen-bond donors (Lipinski definition) is 1. The van der Waals surface area contributed by atoms with Crippen molar-refractivity contribution in [2.45, 2.75) is 51.7 Å². The Morgan fingerprint density at radius 1 is 1.24 bits per heavy atom. The highest BCUT2D eigenvalue weighted by Gasteiger charge is 2.22. The molecular formula is C15H21NO. The molecule has 1 aromatic rings. The van der Waals surface area contributed by atoms with Crippen LogP contribution >= 0.6 is 0 Å². The van der Waals surface area contributed by atoms with Crippen LogP contribution in [-0.4, -0.2) is 12.6 Å². The maximum atomic E-state index is 6.24. The number of hydrogen-bond acceptors (Lipinski definition) is 2. The van der Waals surface area contributed by atoms with Crippen LogP contribution in [0, 0.1) is 0 Å². The molecule has 92 valence electrons. The average molecular weight is 231 g/mol. The molecule has 0 unspecified atom stereocenters. The summed E-state index contributed by atoms with van der Waals surface area (Å²) in [6.45, 7) is 4.13. The summed E-state index contributed by atoms with van der Waals surface area (Å²) in [5.41, 5.74) is 4.37. The SMILES string of the molecule is CC[C@@H]1CNCc2ccc3c(c2O1)CCCC3. The van der Waals surface area contributed by atoms with Gasteiger partial charge in [0.2, 0.25) is 0 Å². The van der Waals surface area contributed by atoms with Crippen molar-refractivity contribution >= 4 is 0 Å². The molecule has 2 nitrogen and oxygen atoms in total. The molecule has 2 heteroatoms. The zero-order chi connectivity index (χ0) is 11.7. The van der Waals surface area contributed by atoms with Gasteiger partial charge >= 0.3 is 0 Å². The Labute approximate surface area is 103 Å². The molecule has 0 saturated carbocycles. The average Bonchev–Trinajstić information content (AvgIpc) is 2.60. The van der Waals surface area contributed by atoms with E-state index in [0.29, 0.717) is 6.10 Å². The van der Waals surface area contributed by atoms with Gasteiger partial charge in [0.15, 0.2) is 0 Å². The fraction of sp³-hybridized carbons (Fsp3) is 0.600. The minimum absolute atomic E-state index is 0.338. The third-order valence-electron chi connectivity index (χ3n) is 3.99. The fourth-order valence-electron chi connectivity index (χ4n) is 2.93. The number of ether oxygens (including phenoxy) is 1. The summed E-state index contributed by atoms with van der Waals surface area (Å²) in [4.78, 5) is 0. The van der Waals surface area contributed by atoms with Crippen molar-refractivity contribution in [1.82, 2.24) is 5.32 Å². The molecule has 0 spiro atoms. The molecule has 1 atom stereocenters. The van der Waals surface area contributed by atoms with E-state index in [1.54, 1.807) is 0 Å². The second-order valence-electron chi connectivity index (χ2n) is 5.18. The summed E-state index contributed by atoms with van der Waals surface area (Å²) < 4.78 is 6.24. The predicted octanol–water partition coefficient (Wildman–Crippen LogP) is 2.83. The van der Waals surface area contributed by atoms with E-state index in [2.05, 4.69) is 24.4 Å². The second kappa shape index (κ2) is 4.69. The number of aryl methyl sites for hydroxylation is 1. The van der Waals surface area contributed by atoms with Gasteiger partial charge in [-0.05, 0) is 43.2 Å². The van der Waals surface area contributed by atoms with Crippen molar-refractivity contribution in [3.05, 3.63) is 28.8 Å². The maximum Gasteiger partial charge on any atom is 0.127 e. The lowest BCUT2D eigenvalue weighted by Gasteiger charge is -2.23. The molecule has 0 aromatic heterocycles. The highest BCUT2D eigenvalue weighted by atomic mass is 16.5. The molecule has 1 N–H and O–H groups in total. The first kappa shape index (κ1) is 11.1. The van der Waals surface area contributed by atoms with Crippen molar-refractivity contribution in [3.8, 4) is 5.75 Å². The van der Waals surface area contributed by atoms with Gasteiger partial charge in [0, 0.05) is 18.7 Å². The third kappa shape index (κ3) is 2.06. The summed E-state index contributed by atoms with van der Waals surface area (Å²) in [5.74, 6) is 1.21. The Bertz CT molecular complexity index is 414. The Balaban J connectivity index is 2.02. The van der Waals surface area contributed by atoms with Crippen molar-refractivity contribution in [3.63, 3.8) is 0 Å². The molecule has 0 radical (unpaired) electrons. The van der Waals surface area contributed by atoms with Crippen LogP contribution in [0.1, 0.15) is 42.9 Å². The lowest BCUT2D eigenvalue weighted by molar-refractivity contribution is 0.199. The molecule has 0 amide bonds. The molecule has 0 fully saturated rings. The van der Waals surface area contributed by atoms with Crippen molar-refractivity contribution in [2.24, 2.45) is 0 Å². The minimum Gasteiger partial charge on any atom is -0.488 e. The molecule has 1 heterocycles. The van der Waals surface area contributed by atoms with Gasteiger partial charge in [-0.1, -0.05) is 19.1 Å². The second-order valence-corrected chi connectivity index (χ2v) is 5.18. The van der Waals surface area contributed by atoms with Crippen molar-refractivity contribution in [2.75, 3.05) is 6.54 Å². The Kier molecular flexibility index (Phi) is 3.06. The van der Waals surface area contributed by atoms with Crippen LogP contribution < -0.4 is 10.1 Å². The van der Waals surface area contributed by atoms with E-state index in [0.717, 1.165) is 19.5 Å². The molecule has 1 aliphatic carbocycles. The molecule has 1 aromatic carbocycles. The standard InChI is InChI=1S/C15H21NO/c1-2-13-10-16-9-12-8-7-11-5-3-4-6-14(11)15(12)17-13/h7-8,13,16H,2-6,9-10H2,1H3/t13-/m1/s1. The minimum atomic E-state index is 0.338. The number of nitrogens with one attached hydrogen (secondary N) is 1. The van der Waals surface area contributed by atoms with Crippen LogP contribution in [0.5, 0.6) is 5.75 Å². The van der Waals surface area contributed by atoms with E-state index in [1.807, 2.05) is 0 Å². The summed E-state index contributed by atoms with van der Waals surface area (Å²) >= 11 is 0. The quantitative estimate of drug-likeness (QED) is 0.802. The Hall–Kier alpha value is -1.02. The summed E-state index contributed by atoms with van der Waals surface area (Å²) in [7, 11) is 0. The summed E-state index contributed by atoms with van der Waals surface area (Å²) in [6.07, 6.45) is 6.50. The van der Waals surface area contributed by atoms with Gasteiger partial charge in [0.05, 0.1) is 0 Å². The normalized spacial score (nSPS) is 23.2. The van der Waals surface area contributed by atoms with E-state index >= 15 is 0 Å². The maximum absolute atomic E-state index is 6.24. The van der Waals surface area contributed by atoms with E-state index in [1.165, 1.54) is 48.1 Å². The van der Waals surface area contributed by atoms with Gasteiger partial charge in [-0.3, -0.25) is 0 Å². The van der Waals surface area contributed by atoms with Gasteiger partial charge in [-0.2, -0.15) is 0 Å². The van der Waals surface area contributed by atoms with Crippen molar-refractivity contribution in [1.29, 1.82) is 0 Å². The first-order valence-corrected chi connectivity index (χ1v) is 6.89. The van der Waals surface area contributed by atoms with Crippen LogP contribution in [0.2, 0.25) is 0 Å².